The minimum Gasteiger partial charge on any atom is -0.338 e. The Morgan fingerprint density at radius 1 is 0.620 bits per heavy atom. The molecule has 10 heteroatoms. The van der Waals surface area contributed by atoms with Crippen molar-refractivity contribution in [2.75, 3.05) is 19.8 Å². The molecule has 0 spiro atoms. The topological polar surface area (TPSA) is 31.2 Å². The first-order valence-corrected chi connectivity index (χ1v) is 17.1. The Kier molecular flexibility index (Phi) is 11.1. The first-order valence-electron chi connectivity index (χ1n) is 16.8. The molecule has 1 aliphatic heterocycles. The van der Waals surface area contributed by atoms with Crippen molar-refractivity contribution in [1.82, 2.24) is 9.80 Å². The van der Waals surface area contributed by atoms with Crippen LogP contribution < -0.4 is 0 Å². The molecule has 0 bridgehead atoms. The van der Waals surface area contributed by atoms with Crippen molar-refractivity contribution in [2.45, 2.75) is 73.6 Å². The summed E-state index contributed by atoms with van der Waals surface area (Å²) < 4.78 is 75.1. The summed E-state index contributed by atoms with van der Waals surface area (Å²) in [4.78, 5) is 13.5. The SMILES string of the molecule is Cc1cc(C)c(N=C(c2c(F)c(F)c(F)c(F)c2F)N2CCCN(C(=Nc3c(C(C)C)cccc3C(C)C)c3c(C)cccc3C)C2)c(Cl)c1. The van der Waals surface area contributed by atoms with E-state index in [1.54, 1.807) is 19.1 Å². The summed E-state index contributed by atoms with van der Waals surface area (Å²) in [5, 5.41) is 0.182. The number of hydrogen-bond donors (Lipinski definition) is 0. The van der Waals surface area contributed by atoms with Crippen LogP contribution in [-0.4, -0.2) is 41.2 Å². The van der Waals surface area contributed by atoms with Crippen molar-refractivity contribution in [2.24, 2.45) is 9.98 Å². The summed E-state index contributed by atoms with van der Waals surface area (Å²) in [5.41, 5.74) is 6.30. The van der Waals surface area contributed by atoms with Gasteiger partial charge in [0.15, 0.2) is 23.3 Å². The summed E-state index contributed by atoms with van der Waals surface area (Å²) in [6.45, 7) is 16.7. The van der Waals surface area contributed by atoms with Crippen LogP contribution in [0, 0.1) is 56.8 Å². The molecule has 1 heterocycles. The van der Waals surface area contributed by atoms with Gasteiger partial charge < -0.3 is 9.80 Å². The van der Waals surface area contributed by atoms with Crippen LogP contribution in [0.4, 0.5) is 33.3 Å². The Labute approximate surface area is 296 Å². The molecule has 4 nitrogen and oxygen atoms in total. The maximum absolute atomic E-state index is 15.6. The molecule has 5 rings (SSSR count). The third kappa shape index (κ3) is 7.15. The lowest BCUT2D eigenvalue weighted by Gasteiger charge is -2.40. The van der Waals surface area contributed by atoms with E-state index in [1.807, 2.05) is 49.9 Å². The van der Waals surface area contributed by atoms with Crippen molar-refractivity contribution in [3.8, 4) is 0 Å². The highest BCUT2D eigenvalue weighted by Gasteiger charge is 2.34. The normalized spacial score (nSPS) is 14.4. The first-order chi connectivity index (χ1) is 23.6. The lowest BCUT2D eigenvalue weighted by Crippen LogP contribution is -2.51. The molecule has 0 aromatic heterocycles. The van der Waals surface area contributed by atoms with E-state index in [1.165, 1.54) is 4.90 Å². The maximum atomic E-state index is 15.6. The van der Waals surface area contributed by atoms with E-state index in [-0.39, 0.29) is 35.8 Å². The second-order valence-corrected chi connectivity index (χ2v) is 14.0. The molecule has 4 aromatic carbocycles. The smallest absolute Gasteiger partial charge is 0.200 e. The summed E-state index contributed by atoms with van der Waals surface area (Å²) in [6.07, 6.45) is 0.474. The van der Waals surface area contributed by atoms with Crippen molar-refractivity contribution in [3.63, 3.8) is 0 Å². The molecule has 50 heavy (non-hydrogen) atoms. The first kappa shape index (κ1) is 37.0. The molecule has 0 amide bonds. The number of benzene rings is 4. The van der Waals surface area contributed by atoms with Gasteiger partial charge in [-0.25, -0.2) is 31.9 Å². The number of aryl methyl sites for hydroxylation is 4. The predicted molar refractivity (Wildman–Crippen MR) is 193 cm³/mol. The molecule has 264 valence electrons. The zero-order valence-corrected chi connectivity index (χ0v) is 30.4. The monoisotopic (exact) mass is 708 g/mol. The Bertz CT molecular complexity index is 1900. The molecule has 0 atom stereocenters. The molecule has 4 aromatic rings. The Balaban J connectivity index is 1.76. The van der Waals surface area contributed by atoms with Gasteiger partial charge in [-0.05, 0) is 85.4 Å². The van der Waals surface area contributed by atoms with Crippen molar-refractivity contribution in [1.29, 1.82) is 0 Å². The van der Waals surface area contributed by atoms with E-state index in [0.29, 0.717) is 24.4 Å². The van der Waals surface area contributed by atoms with Crippen LogP contribution in [0.25, 0.3) is 0 Å². The molecule has 1 saturated heterocycles. The van der Waals surface area contributed by atoms with Crippen LogP contribution in [0.15, 0.2) is 58.5 Å². The van der Waals surface area contributed by atoms with Gasteiger partial charge in [0.05, 0.1) is 28.6 Å². The number of amidine groups is 2. The highest BCUT2D eigenvalue weighted by atomic mass is 35.5. The van der Waals surface area contributed by atoms with Gasteiger partial charge in [0.25, 0.3) is 0 Å². The fourth-order valence-corrected chi connectivity index (χ4v) is 6.95. The third-order valence-corrected chi connectivity index (χ3v) is 9.40. The van der Waals surface area contributed by atoms with Crippen LogP contribution in [-0.2, 0) is 0 Å². The zero-order valence-electron chi connectivity index (χ0n) is 29.7. The van der Waals surface area contributed by atoms with Crippen LogP contribution >= 0.6 is 11.6 Å². The van der Waals surface area contributed by atoms with Gasteiger partial charge in [-0.3, -0.25) is 0 Å². The lowest BCUT2D eigenvalue weighted by atomic mass is 9.92. The Hall–Kier alpha value is -4.24. The second-order valence-electron chi connectivity index (χ2n) is 13.6. The van der Waals surface area contributed by atoms with Crippen molar-refractivity contribution in [3.05, 3.63) is 127 Å². The molecule has 1 fully saturated rings. The molecular formula is C40H42ClF5N4. The van der Waals surface area contributed by atoms with E-state index in [0.717, 1.165) is 39.1 Å². The van der Waals surface area contributed by atoms with Gasteiger partial charge in [0.1, 0.15) is 11.7 Å². The van der Waals surface area contributed by atoms with Crippen LogP contribution in [0.3, 0.4) is 0 Å². The van der Waals surface area contributed by atoms with Gasteiger partial charge in [0.2, 0.25) is 5.82 Å². The average molecular weight is 709 g/mol. The highest BCUT2D eigenvalue weighted by molar-refractivity contribution is 6.33. The third-order valence-electron chi connectivity index (χ3n) is 9.11. The summed E-state index contributed by atoms with van der Waals surface area (Å²) in [7, 11) is 0. The fraction of sp³-hybridized carbons (Fsp3) is 0.350. The van der Waals surface area contributed by atoms with E-state index >= 15 is 8.78 Å². The van der Waals surface area contributed by atoms with Crippen LogP contribution in [0.5, 0.6) is 0 Å². The molecular weight excluding hydrogens is 667 g/mol. The zero-order chi connectivity index (χ0) is 36.6. The van der Waals surface area contributed by atoms with E-state index < -0.39 is 40.5 Å². The molecule has 0 aliphatic carbocycles. The van der Waals surface area contributed by atoms with Gasteiger partial charge in [-0.2, -0.15) is 0 Å². The summed E-state index contributed by atoms with van der Waals surface area (Å²) in [6, 6.07) is 15.6. The van der Waals surface area contributed by atoms with E-state index in [2.05, 4.69) is 44.8 Å². The standard InChI is InChI=1S/C40H42ClF5N4/c1-21(2)27-14-10-15-28(22(3)4)38(27)48-39(30-24(6)12-9-13-25(30)7)49-16-11-17-50(20-49)40(47-37-26(8)18-23(5)19-29(37)41)31-32(42)34(44)36(46)35(45)33(31)43/h9-10,12-15,18-19,21-22H,11,16-17,20H2,1-8H3. The molecule has 0 N–H and O–H groups in total. The second kappa shape index (κ2) is 14.9. The van der Waals surface area contributed by atoms with Crippen molar-refractivity contribution < 1.29 is 22.0 Å². The average Bonchev–Trinajstić information content (AvgIpc) is 3.06. The minimum absolute atomic E-state index is 0.00563. The number of aliphatic imine (C=N–C) groups is 2. The Morgan fingerprint density at radius 2 is 1.08 bits per heavy atom. The van der Waals surface area contributed by atoms with Gasteiger partial charge in [-0.1, -0.05) is 81.8 Å². The van der Waals surface area contributed by atoms with Crippen LogP contribution in [0.1, 0.15) is 90.5 Å². The molecule has 0 unspecified atom stereocenters. The van der Waals surface area contributed by atoms with Gasteiger partial charge >= 0.3 is 0 Å². The number of hydrogen-bond acceptors (Lipinski definition) is 2. The summed E-state index contributed by atoms with van der Waals surface area (Å²) >= 11 is 6.59. The maximum Gasteiger partial charge on any atom is 0.200 e. The minimum atomic E-state index is -2.23. The molecule has 0 radical (unpaired) electrons. The Morgan fingerprint density at radius 3 is 1.58 bits per heavy atom. The predicted octanol–water partition coefficient (Wildman–Crippen LogP) is 11.3. The van der Waals surface area contributed by atoms with E-state index in [9.17, 15) is 13.2 Å². The fourth-order valence-electron chi connectivity index (χ4n) is 6.59. The quantitative estimate of drug-likeness (QED) is 0.0656. The summed E-state index contributed by atoms with van der Waals surface area (Å²) in [5.74, 6) is -9.69. The molecule has 0 saturated carbocycles. The van der Waals surface area contributed by atoms with Gasteiger partial charge in [0, 0.05) is 18.7 Å². The number of nitrogens with zero attached hydrogens (tertiary/aromatic N) is 4. The largest absolute Gasteiger partial charge is 0.338 e. The van der Waals surface area contributed by atoms with Crippen LogP contribution in [0.2, 0.25) is 5.02 Å². The van der Waals surface area contributed by atoms with Gasteiger partial charge in [-0.15, -0.1) is 0 Å². The molecule has 1 aliphatic rings. The van der Waals surface area contributed by atoms with Crippen molar-refractivity contribution >= 4 is 34.6 Å². The highest BCUT2D eigenvalue weighted by Crippen LogP contribution is 2.37. The number of halogens is 6. The lowest BCUT2D eigenvalue weighted by molar-refractivity contribution is 0.213. The number of rotatable bonds is 6. The van der Waals surface area contributed by atoms with E-state index in [4.69, 9.17) is 16.6 Å². The number of para-hydroxylation sites is 1.